The van der Waals surface area contributed by atoms with Crippen LogP contribution in [0.2, 0.25) is 0 Å². The van der Waals surface area contributed by atoms with Gasteiger partial charge in [0.15, 0.2) is 5.60 Å². The monoisotopic (exact) mass is 280 g/mol. The zero-order chi connectivity index (χ0) is 14.9. The van der Waals surface area contributed by atoms with Crippen molar-refractivity contribution in [2.45, 2.75) is 25.4 Å². The minimum Gasteiger partial charge on any atom is -0.378 e. The predicted octanol–water partition coefficient (Wildman–Crippen LogP) is 0.587. The zero-order valence-electron chi connectivity index (χ0n) is 11.2. The van der Waals surface area contributed by atoms with Gasteiger partial charge in [0.1, 0.15) is 5.82 Å². The lowest BCUT2D eigenvalue weighted by Crippen LogP contribution is -2.57. The Kier molecular flexibility index (Phi) is 3.76. The first-order valence-electron chi connectivity index (χ1n) is 6.42. The van der Waals surface area contributed by atoms with Crippen molar-refractivity contribution >= 4 is 11.8 Å². The second-order valence-corrected chi connectivity index (χ2v) is 5.16. The molecular weight excluding hydrogens is 263 g/mol. The van der Waals surface area contributed by atoms with Crippen LogP contribution in [-0.4, -0.2) is 40.5 Å². The predicted molar refractivity (Wildman–Crippen MR) is 70.4 cm³/mol. The fourth-order valence-corrected chi connectivity index (χ4v) is 2.39. The van der Waals surface area contributed by atoms with Crippen LogP contribution >= 0.6 is 0 Å². The zero-order valence-corrected chi connectivity index (χ0v) is 11.2. The molecule has 5 nitrogen and oxygen atoms in total. The Labute approximate surface area is 116 Å². The summed E-state index contributed by atoms with van der Waals surface area (Å²) >= 11 is 0. The van der Waals surface area contributed by atoms with E-state index in [1.165, 1.54) is 11.0 Å². The Hall–Kier alpha value is -1.95. The van der Waals surface area contributed by atoms with E-state index in [9.17, 15) is 19.1 Å². The number of aryl methyl sites for hydroxylation is 1. The fourth-order valence-electron chi connectivity index (χ4n) is 2.39. The molecule has 1 aliphatic rings. The molecule has 3 N–H and O–H groups in total. The smallest absolute Gasteiger partial charge is 0.256 e. The highest BCUT2D eigenvalue weighted by atomic mass is 19.1. The number of benzene rings is 1. The molecule has 6 heteroatoms. The summed E-state index contributed by atoms with van der Waals surface area (Å²) in [4.78, 5) is 24.8. The molecule has 0 spiro atoms. The Morgan fingerprint density at radius 1 is 1.45 bits per heavy atom. The molecule has 20 heavy (non-hydrogen) atoms. The van der Waals surface area contributed by atoms with E-state index in [1.807, 2.05) is 0 Å². The highest BCUT2D eigenvalue weighted by molar-refractivity contribution is 5.95. The molecule has 1 unspecified atom stereocenters. The number of nitrogens with zero attached hydrogens (tertiary/aromatic N) is 1. The maximum atomic E-state index is 14.0. The third-order valence-corrected chi connectivity index (χ3v) is 3.64. The molecule has 2 rings (SSSR count). The van der Waals surface area contributed by atoms with Crippen molar-refractivity contribution < 1.29 is 19.1 Å². The minimum atomic E-state index is -1.73. The highest BCUT2D eigenvalue weighted by Crippen LogP contribution is 2.23. The molecule has 1 fully saturated rings. The van der Waals surface area contributed by atoms with Gasteiger partial charge >= 0.3 is 0 Å². The van der Waals surface area contributed by atoms with Gasteiger partial charge in [-0.25, -0.2) is 4.39 Å². The summed E-state index contributed by atoms with van der Waals surface area (Å²) in [6.45, 7) is 1.73. The topological polar surface area (TPSA) is 83.6 Å². The molecule has 1 atom stereocenters. The minimum absolute atomic E-state index is 0.0567. The van der Waals surface area contributed by atoms with Gasteiger partial charge in [0, 0.05) is 6.54 Å². The van der Waals surface area contributed by atoms with Gasteiger partial charge < -0.3 is 15.7 Å². The Bertz CT molecular complexity index is 561. The van der Waals surface area contributed by atoms with Crippen molar-refractivity contribution in [2.75, 3.05) is 13.1 Å². The number of β-amino-alcohol motifs (C(OH)–C–C–N with tert-alkyl or cyclic N) is 1. The molecule has 0 aliphatic carbocycles. The van der Waals surface area contributed by atoms with Gasteiger partial charge in [0.05, 0.1) is 12.1 Å². The summed E-state index contributed by atoms with van der Waals surface area (Å²) in [7, 11) is 0. The molecule has 1 saturated heterocycles. The van der Waals surface area contributed by atoms with Crippen molar-refractivity contribution in [1.82, 2.24) is 4.90 Å². The number of nitrogens with two attached hydrogens (primary N) is 1. The third-order valence-electron chi connectivity index (χ3n) is 3.64. The van der Waals surface area contributed by atoms with Crippen LogP contribution in [0.5, 0.6) is 0 Å². The normalized spacial score (nSPS) is 22.6. The molecule has 1 aromatic rings. The molecule has 1 aliphatic heterocycles. The van der Waals surface area contributed by atoms with E-state index in [0.717, 1.165) is 0 Å². The summed E-state index contributed by atoms with van der Waals surface area (Å²) in [5.41, 5.74) is 3.74. The van der Waals surface area contributed by atoms with Crippen LogP contribution in [0, 0.1) is 12.7 Å². The largest absolute Gasteiger partial charge is 0.378 e. The van der Waals surface area contributed by atoms with Gasteiger partial charge in [-0.05, 0) is 31.4 Å². The number of hydrogen-bond donors (Lipinski definition) is 2. The third kappa shape index (κ3) is 2.51. The molecule has 0 aromatic heterocycles. The maximum Gasteiger partial charge on any atom is 0.256 e. The lowest BCUT2D eigenvalue weighted by Gasteiger charge is -2.37. The van der Waals surface area contributed by atoms with E-state index in [-0.39, 0.29) is 18.5 Å². The van der Waals surface area contributed by atoms with Gasteiger partial charge in [-0.15, -0.1) is 0 Å². The van der Waals surface area contributed by atoms with Crippen LogP contribution in [-0.2, 0) is 4.79 Å². The van der Waals surface area contributed by atoms with E-state index in [4.69, 9.17) is 5.73 Å². The van der Waals surface area contributed by atoms with Crippen molar-refractivity contribution in [2.24, 2.45) is 5.73 Å². The second-order valence-electron chi connectivity index (χ2n) is 5.16. The first kappa shape index (κ1) is 14.5. The average molecular weight is 280 g/mol. The van der Waals surface area contributed by atoms with Gasteiger partial charge in [0.2, 0.25) is 0 Å². The Morgan fingerprint density at radius 2 is 2.15 bits per heavy atom. The Morgan fingerprint density at radius 3 is 2.80 bits per heavy atom. The first-order valence-corrected chi connectivity index (χ1v) is 6.42. The fraction of sp³-hybridized carbons (Fsp3) is 0.429. The van der Waals surface area contributed by atoms with Crippen LogP contribution in [0.15, 0.2) is 18.2 Å². The lowest BCUT2D eigenvalue weighted by atomic mass is 9.91. The molecular formula is C14H17FN2O3. The van der Waals surface area contributed by atoms with Gasteiger partial charge in [-0.3, -0.25) is 9.59 Å². The number of primary amides is 1. The van der Waals surface area contributed by atoms with Crippen LogP contribution in [0.3, 0.4) is 0 Å². The van der Waals surface area contributed by atoms with Crippen LogP contribution < -0.4 is 5.73 Å². The van der Waals surface area contributed by atoms with Gasteiger partial charge in [-0.2, -0.15) is 0 Å². The van der Waals surface area contributed by atoms with E-state index >= 15 is 0 Å². The van der Waals surface area contributed by atoms with Crippen molar-refractivity contribution in [3.63, 3.8) is 0 Å². The second kappa shape index (κ2) is 5.20. The summed E-state index contributed by atoms with van der Waals surface area (Å²) in [6, 6.07) is 4.56. The Balaban J connectivity index is 2.25. The molecule has 108 valence electrons. The number of carbonyl (C=O) groups is 2. The van der Waals surface area contributed by atoms with Crippen LogP contribution in [0.25, 0.3) is 0 Å². The number of piperidine rings is 1. The van der Waals surface area contributed by atoms with Crippen molar-refractivity contribution in [3.8, 4) is 0 Å². The molecule has 0 bridgehead atoms. The average Bonchev–Trinajstić information content (AvgIpc) is 2.41. The van der Waals surface area contributed by atoms with Gasteiger partial charge in [0.25, 0.3) is 11.8 Å². The SMILES string of the molecule is Cc1cccc(C(=O)N2CCCC(O)(C(N)=O)C2)c1F. The maximum absolute atomic E-state index is 14.0. The highest BCUT2D eigenvalue weighted by Gasteiger charge is 2.40. The van der Waals surface area contributed by atoms with Crippen molar-refractivity contribution in [3.05, 3.63) is 35.1 Å². The number of halogens is 1. The van der Waals surface area contributed by atoms with E-state index in [0.29, 0.717) is 18.5 Å². The number of hydrogen-bond acceptors (Lipinski definition) is 3. The van der Waals surface area contributed by atoms with Crippen molar-refractivity contribution in [1.29, 1.82) is 0 Å². The molecule has 1 heterocycles. The van der Waals surface area contributed by atoms with E-state index < -0.39 is 23.2 Å². The molecule has 0 saturated carbocycles. The quantitative estimate of drug-likeness (QED) is 0.831. The number of carbonyl (C=O) groups excluding carboxylic acids is 2. The summed E-state index contributed by atoms with van der Waals surface area (Å²) in [6.07, 6.45) is 0.654. The summed E-state index contributed by atoms with van der Waals surface area (Å²) in [5.74, 6) is -1.98. The summed E-state index contributed by atoms with van der Waals surface area (Å²) < 4.78 is 14.0. The molecule has 2 amide bonds. The summed E-state index contributed by atoms with van der Waals surface area (Å²) in [5, 5.41) is 10.1. The number of aliphatic hydroxyl groups is 1. The van der Waals surface area contributed by atoms with E-state index in [1.54, 1.807) is 19.1 Å². The number of rotatable bonds is 2. The standard InChI is InChI=1S/C14H17FN2O3/c1-9-4-2-5-10(11(9)15)12(18)17-7-3-6-14(20,8-17)13(16)19/h2,4-5,20H,3,6-8H2,1H3,(H2,16,19). The van der Waals surface area contributed by atoms with Crippen LogP contribution in [0.4, 0.5) is 4.39 Å². The van der Waals surface area contributed by atoms with E-state index in [2.05, 4.69) is 0 Å². The number of amides is 2. The molecule has 0 radical (unpaired) electrons. The first-order chi connectivity index (χ1) is 9.35. The molecule has 1 aromatic carbocycles. The van der Waals surface area contributed by atoms with Gasteiger partial charge in [-0.1, -0.05) is 12.1 Å². The van der Waals surface area contributed by atoms with Crippen LogP contribution in [0.1, 0.15) is 28.8 Å². The number of likely N-dealkylation sites (tertiary alicyclic amines) is 1. The lowest BCUT2D eigenvalue weighted by molar-refractivity contribution is -0.140.